The van der Waals surface area contributed by atoms with Crippen molar-refractivity contribution in [2.24, 2.45) is 0 Å². The topological polar surface area (TPSA) is 75.3 Å². The molecular weight excluding hydrogens is 345 g/mol. The standard InChI is InChI=1S/C15H14ClF3N4O/c16-12-13(20)21-7-22-14(12)23-6-8(24)5-11(23)9-3-1-2-4-10(9)15(17,18)19/h1-4,7-8,11,24H,5-6H2,(H2,20,21,22)/t8-,11+/m1/s1. The maximum atomic E-state index is 13.3. The van der Waals surface area contributed by atoms with Gasteiger partial charge in [0.25, 0.3) is 0 Å². The zero-order valence-electron chi connectivity index (χ0n) is 12.3. The molecule has 0 saturated carbocycles. The molecule has 24 heavy (non-hydrogen) atoms. The molecule has 0 radical (unpaired) electrons. The number of β-amino-alcohol motifs (C(OH)–C–C–N with tert-alkyl or cyclic N) is 1. The quantitative estimate of drug-likeness (QED) is 0.863. The van der Waals surface area contributed by atoms with Crippen LogP contribution >= 0.6 is 11.6 Å². The summed E-state index contributed by atoms with van der Waals surface area (Å²) in [4.78, 5) is 9.32. The Morgan fingerprint density at radius 1 is 1.25 bits per heavy atom. The van der Waals surface area contributed by atoms with Crippen LogP contribution in [0.3, 0.4) is 0 Å². The molecule has 1 aliphatic heterocycles. The summed E-state index contributed by atoms with van der Waals surface area (Å²) in [5.74, 6) is 0.244. The first-order valence-corrected chi connectivity index (χ1v) is 7.53. The Morgan fingerprint density at radius 2 is 1.96 bits per heavy atom. The SMILES string of the molecule is Nc1ncnc(N2C[C@H](O)C[C@H]2c2ccccc2C(F)(F)F)c1Cl. The van der Waals surface area contributed by atoms with E-state index < -0.39 is 23.9 Å². The molecule has 9 heteroatoms. The van der Waals surface area contributed by atoms with E-state index in [1.165, 1.54) is 29.4 Å². The molecule has 128 valence electrons. The molecule has 0 bridgehead atoms. The number of hydrogen-bond acceptors (Lipinski definition) is 5. The minimum atomic E-state index is -4.50. The predicted molar refractivity (Wildman–Crippen MR) is 83.6 cm³/mol. The van der Waals surface area contributed by atoms with E-state index in [-0.39, 0.29) is 35.2 Å². The zero-order valence-corrected chi connectivity index (χ0v) is 13.1. The van der Waals surface area contributed by atoms with Gasteiger partial charge in [0, 0.05) is 6.54 Å². The lowest BCUT2D eigenvalue weighted by atomic mass is 9.97. The van der Waals surface area contributed by atoms with E-state index in [0.29, 0.717) is 0 Å². The summed E-state index contributed by atoms with van der Waals surface area (Å²) in [7, 11) is 0. The number of aliphatic hydroxyl groups excluding tert-OH is 1. The first kappa shape index (κ1) is 16.8. The molecule has 0 unspecified atom stereocenters. The molecule has 2 heterocycles. The number of nitrogens with two attached hydrogens (primary N) is 1. The molecule has 1 aliphatic rings. The summed E-state index contributed by atoms with van der Waals surface area (Å²) >= 11 is 6.11. The summed E-state index contributed by atoms with van der Waals surface area (Å²) in [6.45, 7) is 0.104. The van der Waals surface area contributed by atoms with Crippen molar-refractivity contribution < 1.29 is 18.3 Å². The first-order chi connectivity index (χ1) is 11.3. The number of rotatable bonds is 2. The molecule has 1 aromatic heterocycles. The van der Waals surface area contributed by atoms with Crippen LogP contribution < -0.4 is 10.6 Å². The smallest absolute Gasteiger partial charge is 0.391 e. The lowest BCUT2D eigenvalue weighted by Gasteiger charge is -2.28. The minimum Gasteiger partial charge on any atom is -0.391 e. The number of hydrogen-bond donors (Lipinski definition) is 2. The fourth-order valence-corrected chi connectivity index (χ4v) is 3.17. The highest BCUT2D eigenvalue weighted by molar-refractivity contribution is 6.35. The van der Waals surface area contributed by atoms with Gasteiger partial charge < -0.3 is 15.7 Å². The van der Waals surface area contributed by atoms with Crippen LogP contribution in [0.5, 0.6) is 0 Å². The Bertz CT molecular complexity index is 756. The Balaban J connectivity index is 2.09. The summed E-state index contributed by atoms with van der Waals surface area (Å²) in [5.41, 5.74) is 4.98. The number of nitrogen functional groups attached to an aromatic ring is 1. The summed E-state index contributed by atoms with van der Waals surface area (Å²) in [6, 6.07) is 4.57. The third-order valence-corrected chi connectivity index (χ3v) is 4.34. The van der Waals surface area contributed by atoms with E-state index >= 15 is 0 Å². The minimum absolute atomic E-state index is 0.0333. The molecule has 0 amide bonds. The second-order valence-corrected chi connectivity index (χ2v) is 5.92. The van der Waals surface area contributed by atoms with Gasteiger partial charge in [-0.1, -0.05) is 29.8 Å². The average molecular weight is 359 g/mol. The van der Waals surface area contributed by atoms with Crippen LogP contribution in [0.4, 0.5) is 24.8 Å². The van der Waals surface area contributed by atoms with E-state index in [1.807, 2.05) is 0 Å². The van der Waals surface area contributed by atoms with E-state index in [2.05, 4.69) is 9.97 Å². The highest BCUT2D eigenvalue weighted by atomic mass is 35.5. The van der Waals surface area contributed by atoms with Crippen molar-refractivity contribution in [1.29, 1.82) is 0 Å². The van der Waals surface area contributed by atoms with Gasteiger partial charge in [-0.3, -0.25) is 0 Å². The van der Waals surface area contributed by atoms with E-state index in [9.17, 15) is 18.3 Å². The van der Waals surface area contributed by atoms with Gasteiger partial charge in [-0.2, -0.15) is 13.2 Å². The number of nitrogens with zero attached hydrogens (tertiary/aromatic N) is 3. The normalized spacial score (nSPS) is 21.3. The molecule has 3 N–H and O–H groups in total. The Kier molecular flexibility index (Phi) is 4.27. The number of anilines is 2. The monoisotopic (exact) mass is 358 g/mol. The summed E-state index contributed by atoms with van der Waals surface area (Å²) in [6.07, 6.45) is -3.98. The average Bonchev–Trinajstić information content (AvgIpc) is 2.91. The third-order valence-electron chi connectivity index (χ3n) is 3.97. The van der Waals surface area contributed by atoms with Gasteiger partial charge in [-0.05, 0) is 18.1 Å². The van der Waals surface area contributed by atoms with Crippen LogP contribution in [0.25, 0.3) is 0 Å². The van der Waals surface area contributed by atoms with Gasteiger partial charge in [0.05, 0.1) is 17.7 Å². The van der Waals surface area contributed by atoms with E-state index in [1.54, 1.807) is 0 Å². The lowest BCUT2D eigenvalue weighted by molar-refractivity contribution is -0.138. The number of halogens is 4. The van der Waals surface area contributed by atoms with Crippen molar-refractivity contribution in [3.63, 3.8) is 0 Å². The lowest BCUT2D eigenvalue weighted by Crippen LogP contribution is -2.27. The second-order valence-electron chi connectivity index (χ2n) is 5.54. The van der Waals surface area contributed by atoms with Crippen molar-refractivity contribution in [3.8, 4) is 0 Å². The zero-order chi connectivity index (χ0) is 17.5. The number of aromatic nitrogens is 2. The van der Waals surface area contributed by atoms with Crippen LogP contribution in [-0.2, 0) is 6.18 Å². The summed E-state index contributed by atoms with van der Waals surface area (Å²) < 4.78 is 40.0. The Morgan fingerprint density at radius 3 is 2.67 bits per heavy atom. The fourth-order valence-electron chi connectivity index (χ4n) is 2.96. The van der Waals surface area contributed by atoms with Crippen molar-refractivity contribution in [2.75, 3.05) is 17.2 Å². The molecule has 1 fully saturated rings. The molecule has 3 rings (SSSR count). The Labute approximate surface area is 140 Å². The van der Waals surface area contributed by atoms with Crippen LogP contribution in [0.2, 0.25) is 5.02 Å². The van der Waals surface area contributed by atoms with Gasteiger partial charge in [-0.25, -0.2) is 9.97 Å². The van der Waals surface area contributed by atoms with Crippen LogP contribution in [0.1, 0.15) is 23.6 Å². The van der Waals surface area contributed by atoms with Crippen molar-refractivity contribution >= 4 is 23.2 Å². The second kappa shape index (κ2) is 6.10. The highest BCUT2D eigenvalue weighted by Crippen LogP contribution is 2.43. The van der Waals surface area contributed by atoms with Crippen molar-refractivity contribution in [1.82, 2.24) is 9.97 Å². The maximum absolute atomic E-state index is 13.3. The number of alkyl halides is 3. The molecule has 5 nitrogen and oxygen atoms in total. The van der Waals surface area contributed by atoms with E-state index in [0.717, 1.165) is 6.07 Å². The van der Waals surface area contributed by atoms with E-state index in [4.69, 9.17) is 17.3 Å². The van der Waals surface area contributed by atoms with Gasteiger partial charge in [0.2, 0.25) is 0 Å². The maximum Gasteiger partial charge on any atom is 0.416 e. The number of benzene rings is 1. The first-order valence-electron chi connectivity index (χ1n) is 7.16. The summed E-state index contributed by atoms with van der Waals surface area (Å²) in [5, 5.41) is 10.1. The molecule has 2 atom stereocenters. The van der Waals surface area contributed by atoms with Crippen molar-refractivity contribution in [3.05, 3.63) is 46.7 Å². The Hall–Kier alpha value is -2.06. The van der Waals surface area contributed by atoms with Gasteiger partial charge in [0.1, 0.15) is 17.2 Å². The molecule has 1 saturated heterocycles. The fraction of sp³-hybridized carbons (Fsp3) is 0.333. The molecule has 0 spiro atoms. The van der Waals surface area contributed by atoms with Gasteiger partial charge >= 0.3 is 6.18 Å². The predicted octanol–water partition coefficient (Wildman–Crippen LogP) is 3.04. The van der Waals surface area contributed by atoms with Crippen LogP contribution in [0.15, 0.2) is 30.6 Å². The van der Waals surface area contributed by atoms with Crippen LogP contribution in [0, 0.1) is 0 Å². The van der Waals surface area contributed by atoms with Gasteiger partial charge in [0.15, 0.2) is 5.82 Å². The van der Waals surface area contributed by atoms with Crippen LogP contribution in [-0.4, -0.2) is 27.7 Å². The number of aliphatic hydroxyl groups is 1. The van der Waals surface area contributed by atoms with Crippen molar-refractivity contribution in [2.45, 2.75) is 24.7 Å². The molecular formula is C15H14ClF3N4O. The molecule has 1 aromatic carbocycles. The van der Waals surface area contributed by atoms with Gasteiger partial charge in [-0.15, -0.1) is 0 Å². The largest absolute Gasteiger partial charge is 0.416 e. The highest BCUT2D eigenvalue weighted by Gasteiger charge is 2.40. The third kappa shape index (κ3) is 2.99. The molecule has 2 aromatic rings. The molecule has 0 aliphatic carbocycles.